The summed E-state index contributed by atoms with van der Waals surface area (Å²) in [6.07, 6.45) is 5.15. The predicted molar refractivity (Wildman–Crippen MR) is 80.6 cm³/mol. The third kappa shape index (κ3) is 4.72. The van der Waals surface area contributed by atoms with Crippen molar-refractivity contribution < 1.29 is 4.79 Å². The highest BCUT2D eigenvalue weighted by Gasteiger charge is 2.07. The van der Waals surface area contributed by atoms with Crippen LogP contribution in [0.1, 0.15) is 18.9 Å². The molecule has 0 aliphatic rings. The molecule has 4 nitrogen and oxygen atoms in total. The first-order valence-electron chi connectivity index (χ1n) is 6.75. The number of urea groups is 1. The van der Waals surface area contributed by atoms with Crippen LogP contribution in [0, 0.1) is 0 Å². The summed E-state index contributed by atoms with van der Waals surface area (Å²) >= 11 is 0. The number of nitrogens with zero attached hydrogens (tertiary/aromatic N) is 1. The molecule has 1 aromatic carbocycles. The van der Waals surface area contributed by atoms with Crippen molar-refractivity contribution in [2.75, 3.05) is 5.32 Å². The number of benzene rings is 1. The average molecular weight is 269 g/mol. The van der Waals surface area contributed by atoms with E-state index in [0.717, 1.165) is 12.8 Å². The van der Waals surface area contributed by atoms with Crippen LogP contribution in [0.3, 0.4) is 0 Å². The quantitative estimate of drug-likeness (QED) is 0.875. The zero-order chi connectivity index (χ0) is 14.2. The second-order valence-electron chi connectivity index (χ2n) is 4.77. The Bertz CT molecular complexity index is 528. The van der Waals surface area contributed by atoms with Crippen LogP contribution < -0.4 is 10.6 Å². The second kappa shape index (κ2) is 7.28. The fourth-order valence-electron chi connectivity index (χ4n) is 1.93. The molecule has 0 saturated heterocycles. The van der Waals surface area contributed by atoms with Crippen LogP contribution in [0.5, 0.6) is 0 Å². The first-order chi connectivity index (χ1) is 9.74. The third-order valence-corrected chi connectivity index (χ3v) is 3.01. The number of amides is 2. The summed E-state index contributed by atoms with van der Waals surface area (Å²) in [6.45, 7) is 2.01. The Balaban J connectivity index is 1.74. The number of carbonyl (C=O) groups is 1. The molecule has 1 heterocycles. The van der Waals surface area contributed by atoms with Gasteiger partial charge in [-0.2, -0.15) is 0 Å². The molecule has 0 bridgehead atoms. The largest absolute Gasteiger partial charge is 0.335 e. The van der Waals surface area contributed by atoms with Gasteiger partial charge < -0.3 is 10.6 Å². The fraction of sp³-hybridized carbons (Fsp3) is 0.250. The molecule has 0 unspecified atom stereocenters. The molecule has 20 heavy (non-hydrogen) atoms. The molecule has 2 aromatic rings. The average Bonchev–Trinajstić information content (AvgIpc) is 2.47. The van der Waals surface area contributed by atoms with Gasteiger partial charge in [0.05, 0.1) is 11.9 Å². The van der Waals surface area contributed by atoms with Crippen molar-refractivity contribution in [2.45, 2.75) is 25.8 Å². The molecule has 2 amide bonds. The number of nitrogens with one attached hydrogen (secondary N) is 2. The highest BCUT2D eigenvalue weighted by Crippen LogP contribution is 2.06. The number of aromatic nitrogens is 1. The summed E-state index contributed by atoms with van der Waals surface area (Å²) in [5, 5.41) is 5.68. The number of carbonyl (C=O) groups excluding carboxylic acids is 1. The lowest BCUT2D eigenvalue weighted by Crippen LogP contribution is -2.36. The highest BCUT2D eigenvalue weighted by atomic mass is 16.2. The van der Waals surface area contributed by atoms with E-state index in [-0.39, 0.29) is 12.1 Å². The maximum atomic E-state index is 11.8. The van der Waals surface area contributed by atoms with Crippen LogP contribution in [0.4, 0.5) is 10.5 Å². The molecule has 0 spiro atoms. The molecule has 0 fully saturated rings. The van der Waals surface area contributed by atoms with Crippen molar-refractivity contribution >= 4 is 11.7 Å². The monoisotopic (exact) mass is 269 g/mol. The van der Waals surface area contributed by atoms with Crippen molar-refractivity contribution in [3.8, 4) is 0 Å². The van der Waals surface area contributed by atoms with Gasteiger partial charge in [-0.15, -0.1) is 0 Å². The van der Waals surface area contributed by atoms with Crippen LogP contribution in [-0.4, -0.2) is 17.1 Å². The Morgan fingerprint density at radius 3 is 2.70 bits per heavy atom. The first-order valence-corrected chi connectivity index (χ1v) is 6.75. The van der Waals surface area contributed by atoms with E-state index >= 15 is 0 Å². The lowest BCUT2D eigenvalue weighted by atomic mass is 10.1. The molecular weight excluding hydrogens is 250 g/mol. The predicted octanol–water partition coefficient (Wildman–Crippen LogP) is 3.22. The van der Waals surface area contributed by atoms with Gasteiger partial charge in [-0.25, -0.2) is 4.79 Å². The van der Waals surface area contributed by atoms with E-state index in [9.17, 15) is 4.79 Å². The van der Waals surface area contributed by atoms with Gasteiger partial charge in [-0.05, 0) is 37.5 Å². The van der Waals surface area contributed by atoms with Crippen LogP contribution in [0.2, 0.25) is 0 Å². The molecule has 2 N–H and O–H groups in total. The molecule has 0 radical (unpaired) electrons. The summed E-state index contributed by atoms with van der Waals surface area (Å²) in [5.41, 5.74) is 1.98. The lowest BCUT2D eigenvalue weighted by molar-refractivity contribution is 0.248. The Morgan fingerprint density at radius 1 is 1.20 bits per heavy atom. The van der Waals surface area contributed by atoms with Gasteiger partial charge in [-0.1, -0.05) is 30.3 Å². The van der Waals surface area contributed by atoms with Gasteiger partial charge in [0, 0.05) is 12.2 Å². The van der Waals surface area contributed by atoms with Crippen molar-refractivity contribution in [3.63, 3.8) is 0 Å². The summed E-state index contributed by atoms with van der Waals surface area (Å²) in [6, 6.07) is 13.8. The van der Waals surface area contributed by atoms with Crippen molar-refractivity contribution in [1.29, 1.82) is 0 Å². The van der Waals surface area contributed by atoms with E-state index in [2.05, 4.69) is 27.8 Å². The minimum atomic E-state index is -0.196. The Kier molecular flexibility index (Phi) is 5.12. The van der Waals surface area contributed by atoms with Gasteiger partial charge in [0.25, 0.3) is 0 Å². The molecule has 0 saturated carbocycles. The van der Waals surface area contributed by atoms with Gasteiger partial charge >= 0.3 is 6.03 Å². The van der Waals surface area contributed by atoms with Crippen LogP contribution in [0.25, 0.3) is 0 Å². The first kappa shape index (κ1) is 14.1. The Morgan fingerprint density at radius 2 is 2.00 bits per heavy atom. The van der Waals surface area contributed by atoms with Crippen molar-refractivity contribution in [1.82, 2.24) is 10.3 Å². The number of pyridine rings is 1. The maximum Gasteiger partial charge on any atom is 0.319 e. The zero-order valence-electron chi connectivity index (χ0n) is 11.5. The summed E-state index contributed by atoms with van der Waals surface area (Å²) in [4.78, 5) is 15.7. The highest BCUT2D eigenvalue weighted by molar-refractivity contribution is 5.89. The third-order valence-electron chi connectivity index (χ3n) is 3.01. The standard InChI is InChI=1S/C16H19N3O/c1-13(9-10-14-6-3-2-4-7-14)18-16(20)19-15-8-5-11-17-12-15/h2-8,11-13H,9-10H2,1H3,(H2,18,19,20)/t13-/m1/s1. The van der Waals surface area contributed by atoms with Crippen LogP contribution in [0.15, 0.2) is 54.9 Å². The number of aryl methyl sites for hydroxylation is 1. The molecule has 4 heteroatoms. The van der Waals surface area contributed by atoms with Gasteiger partial charge in [0.15, 0.2) is 0 Å². The molecular formula is C16H19N3O. The molecule has 1 atom stereocenters. The van der Waals surface area contributed by atoms with Gasteiger partial charge in [0.2, 0.25) is 0 Å². The van der Waals surface area contributed by atoms with E-state index in [0.29, 0.717) is 5.69 Å². The van der Waals surface area contributed by atoms with Gasteiger partial charge in [0.1, 0.15) is 0 Å². The van der Waals surface area contributed by atoms with Crippen LogP contribution in [-0.2, 0) is 6.42 Å². The van der Waals surface area contributed by atoms with Gasteiger partial charge in [-0.3, -0.25) is 4.98 Å². The molecule has 2 rings (SSSR count). The summed E-state index contributed by atoms with van der Waals surface area (Å²) in [7, 11) is 0. The lowest BCUT2D eigenvalue weighted by Gasteiger charge is -2.14. The van der Waals surface area contributed by atoms with Crippen molar-refractivity contribution in [3.05, 3.63) is 60.4 Å². The van der Waals surface area contributed by atoms with Crippen molar-refractivity contribution in [2.24, 2.45) is 0 Å². The summed E-state index contributed by atoms with van der Waals surface area (Å²) < 4.78 is 0. The number of hydrogen-bond donors (Lipinski definition) is 2. The maximum absolute atomic E-state index is 11.8. The van der Waals surface area contributed by atoms with E-state index in [1.807, 2.05) is 25.1 Å². The Hall–Kier alpha value is -2.36. The second-order valence-corrected chi connectivity index (χ2v) is 4.77. The molecule has 0 aliphatic heterocycles. The minimum absolute atomic E-state index is 0.117. The van der Waals surface area contributed by atoms with Crippen LogP contribution >= 0.6 is 0 Å². The normalized spacial score (nSPS) is 11.7. The zero-order valence-corrected chi connectivity index (χ0v) is 11.5. The smallest absolute Gasteiger partial charge is 0.319 e. The number of anilines is 1. The SMILES string of the molecule is C[C@H](CCc1ccccc1)NC(=O)Nc1cccnc1. The molecule has 104 valence electrons. The van der Waals surface area contributed by atoms with E-state index in [4.69, 9.17) is 0 Å². The molecule has 0 aliphatic carbocycles. The topological polar surface area (TPSA) is 54.0 Å². The number of rotatable bonds is 5. The Labute approximate surface area is 119 Å². The van der Waals surface area contributed by atoms with E-state index in [1.165, 1.54) is 5.56 Å². The number of hydrogen-bond acceptors (Lipinski definition) is 2. The fourth-order valence-corrected chi connectivity index (χ4v) is 1.93. The minimum Gasteiger partial charge on any atom is -0.335 e. The summed E-state index contributed by atoms with van der Waals surface area (Å²) in [5.74, 6) is 0. The van der Waals surface area contributed by atoms with E-state index < -0.39 is 0 Å². The molecule has 1 aromatic heterocycles. The van der Waals surface area contributed by atoms with E-state index in [1.54, 1.807) is 24.5 Å².